The van der Waals surface area contributed by atoms with Gasteiger partial charge in [0.1, 0.15) is 0 Å². The second kappa shape index (κ2) is 7.66. The van der Waals surface area contributed by atoms with Crippen LogP contribution in [-0.4, -0.2) is 30.1 Å². The standard InChI is InChI=1S/C17H28N2/c1-2-16-11-7-4-8-12-19(16)17(14-18)13-15-9-5-3-6-10-15/h3,5-6,9-10,16-17H,2,4,7-8,11-14,18H2,1H3. The molecule has 1 heterocycles. The highest BCUT2D eigenvalue weighted by atomic mass is 15.2. The summed E-state index contributed by atoms with van der Waals surface area (Å²) in [6, 6.07) is 12.0. The molecule has 0 saturated carbocycles. The van der Waals surface area contributed by atoms with Gasteiger partial charge in [0.2, 0.25) is 0 Å². The highest BCUT2D eigenvalue weighted by Gasteiger charge is 2.25. The lowest BCUT2D eigenvalue weighted by Crippen LogP contribution is -2.47. The molecule has 2 nitrogen and oxygen atoms in total. The molecule has 0 aromatic heterocycles. The number of nitrogens with zero attached hydrogens (tertiary/aromatic N) is 1. The lowest BCUT2D eigenvalue weighted by Gasteiger charge is -2.36. The summed E-state index contributed by atoms with van der Waals surface area (Å²) in [7, 11) is 0. The first-order valence-corrected chi connectivity index (χ1v) is 7.85. The normalized spacial score (nSPS) is 22.9. The molecule has 0 radical (unpaired) electrons. The molecule has 2 atom stereocenters. The fourth-order valence-electron chi connectivity index (χ4n) is 3.34. The van der Waals surface area contributed by atoms with Gasteiger partial charge in [0.15, 0.2) is 0 Å². The molecule has 1 fully saturated rings. The lowest BCUT2D eigenvalue weighted by atomic mass is 10.0. The highest BCUT2D eigenvalue weighted by molar-refractivity contribution is 5.16. The maximum atomic E-state index is 6.08. The zero-order valence-electron chi connectivity index (χ0n) is 12.2. The second-order valence-electron chi connectivity index (χ2n) is 5.73. The summed E-state index contributed by atoms with van der Waals surface area (Å²) in [6.45, 7) is 4.32. The van der Waals surface area contributed by atoms with E-state index in [0.29, 0.717) is 6.04 Å². The van der Waals surface area contributed by atoms with Gasteiger partial charge in [-0.05, 0) is 37.8 Å². The van der Waals surface area contributed by atoms with E-state index in [1.807, 2.05) is 0 Å². The van der Waals surface area contributed by atoms with Gasteiger partial charge in [-0.15, -0.1) is 0 Å². The lowest BCUT2D eigenvalue weighted by molar-refractivity contribution is 0.135. The monoisotopic (exact) mass is 260 g/mol. The fraction of sp³-hybridized carbons (Fsp3) is 0.647. The summed E-state index contributed by atoms with van der Waals surface area (Å²) in [5.41, 5.74) is 7.49. The Bertz CT molecular complexity index is 350. The summed E-state index contributed by atoms with van der Waals surface area (Å²) in [4.78, 5) is 2.69. The molecule has 1 aromatic carbocycles. The Balaban J connectivity index is 2.05. The minimum Gasteiger partial charge on any atom is -0.329 e. The SMILES string of the molecule is CCC1CCCCCN1C(CN)Cc1ccccc1. The van der Waals surface area contributed by atoms with Crippen LogP contribution in [0.1, 0.15) is 44.6 Å². The largest absolute Gasteiger partial charge is 0.329 e. The molecule has 0 amide bonds. The van der Waals surface area contributed by atoms with Gasteiger partial charge < -0.3 is 5.73 Å². The molecular formula is C17H28N2. The van der Waals surface area contributed by atoms with Crippen LogP contribution in [0.4, 0.5) is 0 Å². The van der Waals surface area contributed by atoms with E-state index in [1.54, 1.807) is 0 Å². The number of hydrogen-bond donors (Lipinski definition) is 1. The van der Waals surface area contributed by atoms with Crippen molar-refractivity contribution < 1.29 is 0 Å². The molecule has 1 aliphatic heterocycles. The third kappa shape index (κ3) is 4.05. The average Bonchev–Trinajstić information content (AvgIpc) is 2.71. The van der Waals surface area contributed by atoms with Crippen molar-refractivity contribution in [2.75, 3.05) is 13.1 Å². The van der Waals surface area contributed by atoms with Crippen LogP contribution in [-0.2, 0) is 6.42 Å². The highest BCUT2D eigenvalue weighted by Crippen LogP contribution is 2.22. The van der Waals surface area contributed by atoms with E-state index >= 15 is 0 Å². The average molecular weight is 260 g/mol. The van der Waals surface area contributed by atoms with Gasteiger partial charge in [0.05, 0.1) is 0 Å². The number of hydrogen-bond acceptors (Lipinski definition) is 2. The van der Waals surface area contributed by atoms with Crippen molar-refractivity contribution in [2.45, 2.75) is 57.5 Å². The van der Waals surface area contributed by atoms with E-state index in [1.165, 1.54) is 44.2 Å². The van der Waals surface area contributed by atoms with Gasteiger partial charge in [-0.3, -0.25) is 4.90 Å². The minimum atomic E-state index is 0.505. The quantitative estimate of drug-likeness (QED) is 0.881. The van der Waals surface area contributed by atoms with E-state index in [0.717, 1.165) is 19.0 Å². The molecule has 1 saturated heterocycles. The van der Waals surface area contributed by atoms with Crippen molar-refractivity contribution in [1.82, 2.24) is 4.90 Å². The van der Waals surface area contributed by atoms with E-state index < -0.39 is 0 Å². The first-order valence-electron chi connectivity index (χ1n) is 7.85. The maximum absolute atomic E-state index is 6.08. The molecule has 1 aliphatic rings. The van der Waals surface area contributed by atoms with Crippen molar-refractivity contribution >= 4 is 0 Å². The number of nitrogens with two attached hydrogens (primary N) is 1. The van der Waals surface area contributed by atoms with Gasteiger partial charge in [0.25, 0.3) is 0 Å². The third-order valence-corrected chi connectivity index (χ3v) is 4.45. The topological polar surface area (TPSA) is 29.3 Å². The number of likely N-dealkylation sites (tertiary alicyclic amines) is 1. The Morgan fingerprint density at radius 3 is 2.68 bits per heavy atom. The third-order valence-electron chi connectivity index (χ3n) is 4.45. The van der Waals surface area contributed by atoms with Crippen LogP contribution < -0.4 is 5.73 Å². The van der Waals surface area contributed by atoms with Crippen molar-refractivity contribution in [3.63, 3.8) is 0 Å². The molecule has 2 unspecified atom stereocenters. The van der Waals surface area contributed by atoms with E-state index in [4.69, 9.17) is 5.73 Å². The minimum absolute atomic E-state index is 0.505. The van der Waals surface area contributed by atoms with E-state index in [2.05, 4.69) is 42.2 Å². The fourth-order valence-corrected chi connectivity index (χ4v) is 3.34. The van der Waals surface area contributed by atoms with E-state index in [9.17, 15) is 0 Å². The van der Waals surface area contributed by atoms with Gasteiger partial charge in [-0.1, -0.05) is 50.1 Å². The molecule has 0 spiro atoms. The molecule has 2 N–H and O–H groups in total. The smallest absolute Gasteiger partial charge is 0.0261 e. The number of benzene rings is 1. The van der Waals surface area contributed by atoms with Gasteiger partial charge in [-0.25, -0.2) is 0 Å². The molecule has 0 aliphatic carbocycles. The molecular weight excluding hydrogens is 232 g/mol. The van der Waals surface area contributed by atoms with E-state index in [-0.39, 0.29) is 0 Å². The summed E-state index contributed by atoms with van der Waals surface area (Å²) < 4.78 is 0. The molecule has 106 valence electrons. The summed E-state index contributed by atoms with van der Waals surface area (Å²) in [5, 5.41) is 0. The van der Waals surface area contributed by atoms with Gasteiger partial charge >= 0.3 is 0 Å². The summed E-state index contributed by atoms with van der Waals surface area (Å²) in [5.74, 6) is 0. The van der Waals surface area contributed by atoms with Crippen molar-refractivity contribution in [1.29, 1.82) is 0 Å². The van der Waals surface area contributed by atoms with Crippen LogP contribution in [0.5, 0.6) is 0 Å². The number of rotatable bonds is 5. The maximum Gasteiger partial charge on any atom is 0.0261 e. The molecule has 0 bridgehead atoms. The Hall–Kier alpha value is -0.860. The Morgan fingerprint density at radius 1 is 1.21 bits per heavy atom. The van der Waals surface area contributed by atoms with Crippen LogP contribution in [0.2, 0.25) is 0 Å². The molecule has 1 aromatic rings. The Labute approximate surface area is 118 Å². The van der Waals surface area contributed by atoms with Crippen LogP contribution in [0, 0.1) is 0 Å². The van der Waals surface area contributed by atoms with Crippen molar-refractivity contribution in [3.05, 3.63) is 35.9 Å². The first kappa shape index (κ1) is 14.5. The van der Waals surface area contributed by atoms with Crippen LogP contribution in [0.15, 0.2) is 30.3 Å². The first-order chi connectivity index (χ1) is 9.35. The zero-order valence-corrected chi connectivity index (χ0v) is 12.2. The Morgan fingerprint density at radius 2 is 2.00 bits per heavy atom. The predicted molar refractivity (Wildman–Crippen MR) is 82.2 cm³/mol. The Kier molecular flexibility index (Phi) is 5.87. The molecule has 19 heavy (non-hydrogen) atoms. The summed E-state index contributed by atoms with van der Waals surface area (Å²) >= 11 is 0. The van der Waals surface area contributed by atoms with Gasteiger partial charge in [0, 0.05) is 18.6 Å². The molecule has 2 rings (SSSR count). The summed E-state index contributed by atoms with van der Waals surface area (Å²) in [6.07, 6.45) is 7.80. The van der Waals surface area contributed by atoms with Gasteiger partial charge in [-0.2, -0.15) is 0 Å². The predicted octanol–water partition coefficient (Wildman–Crippen LogP) is 3.21. The van der Waals surface area contributed by atoms with Crippen molar-refractivity contribution in [3.8, 4) is 0 Å². The van der Waals surface area contributed by atoms with Crippen LogP contribution >= 0.6 is 0 Å². The molecule has 2 heteroatoms. The zero-order chi connectivity index (χ0) is 13.5. The second-order valence-corrected chi connectivity index (χ2v) is 5.73. The van der Waals surface area contributed by atoms with Crippen LogP contribution in [0.3, 0.4) is 0 Å². The van der Waals surface area contributed by atoms with Crippen molar-refractivity contribution in [2.24, 2.45) is 5.73 Å². The van der Waals surface area contributed by atoms with Crippen LogP contribution in [0.25, 0.3) is 0 Å².